The second-order valence-electron chi connectivity index (χ2n) is 7.14. The summed E-state index contributed by atoms with van der Waals surface area (Å²) >= 11 is 6.35. The predicted octanol–water partition coefficient (Wildman–Crippen LogP) is 2.01. The molecule has 1 aromatic carbocycles. The summed E-state index contributed by atoms with van der Waals surface area (Å²) in [6.07, 6.45) is -1.65. The highest BCUT2D eigenvalue weighted by Crippen LogP contribution is 2.30. The van der Waals surface area contributed by atoms with Gasteiger partial charge in [0.05, 0.1) is 30.3 Å². The van der Waals surface area contributed by atoms with Crippen LogP contribution < -0.4 is 14.8 Å². The van der Waals surface area contributed by atoms with Gasteiger partial charge in [0, 0.05) is 0 Å². The quantitative estimate of drug-likeness (QED) is 0.486. The van der Waals surface area contributed by atoms with Crippen LogP contribution in [-0.4, -0.2) is 70.8 Å². The molecule has 9 nitrogen and oxygen atoms in total. The van der Waals surface area contributed by atoms with E-state index in [4.69, 9.17) is 30.5 Å². The van der Waals surface area contributed by atoms with Crippen LogP contribution in [0.4, 0.5) is 5.82 Å². The molecule has 30 heavy (non-hydrogen) atoms. The van der Waals surface area contributed by atoms with Crippen molar-refractivity contribution in [2.45, 2.75) is 24.4 Å². The summed E-state index contributed by atoms with van der Waals surface area (Å²) in [5.74, 6) is 1.32. The van der Waals surface area contributed by atoms with E-state index in [1.807, 2.05) is 30.3 Å². The van der Waals surface area contributed by atoms with Crippen molar-refractivity contribution in [3.63, 3.8) is 0 Å². The van der Waals surface area contributed by atoms with Crippen molar-refractivity contribution in [1.29, 1.82) is 0 Å². The number of hydrogen-bond acceptors (Lipinski definition) is 8. The number of para-hydroxylation sites is 1. The van der Waals surface area contributed by atoms with Crippen molar-refractivity contribution >= 4 is 28.6 Å². The lowest BCUT2D eigenvalue weighted by Gasteiger charge is -2.15. The molecular weight excluding hydrogens is 412 g/mol. The van der Waals surface area contributed by atoms with Gasteiger partial charge in [0.2, 0.25) is 0 Å². The number of benzene rings is 1. The van der Waals surface area contributed by atoms with Crippen molar-refractivity contribution in [2.75, 3.05) is 31.7 Å². The largest absolute Gasteiger partial charge is 0.492 e. The van der Waals surface area contributed by atoms with Crippen molar-refractivity contribution in [3.05, 3.63) is 41.4 Å². The SMILES string of the molecule is O[C@@H]1CO[C@H]2C1OC[C@H]2Oc1nc2nc(NCCOc3ccccc3)c(Cl)cc2[nH]1. The normalized spacial score (nSPS) is 25.4. The first-order chi connectivity index (χ1) is 14.7. The van der Waals surface area contributed by atoms with Crippen LogP contribution in [0, 0.1) is 0 Å². The Morgan fingerprint density at radius 1 is 1.17 bits per heavy atom. The fourth-order valence-corrected chi connectivity index (χ4v) is 3.84. The van der Waals surface area contributed by atoms with Gasteiger partial charge in [-0.2, -0.15) is 4.98 Å². The smallest absolute Gasteiger partial charge is 0.296 e. The van der Waals surface area contributed by atoms with Crippen LogP contribution in [-0.2, 0) is 9.47 Å². The third-order valence-corrected chi connectivity index (χ3v) is 5.34. The van der Waals surface area contributed by atoms with Gasteiger partial charge in [0.25, 0.3) is 6.01 Å². The molecule has 2 saturated heterocycles. The Morgan fingerprint density at radius 3 is 2.87 bits per heavy atom. The molecule has 2 aliphatic rings. The maximum absolute atomic E-state index is 9.84. The van der Waals surface area contributed by atoms with Crippen LogP contribution in [0.25, 0.3) is 11.2 Å². The van der Waals surface area contributed by atoms with Crippen molar-refractivity contribution in [2.24, 2.45) is 0 Å². The van der Waals surface area contributed by atoms with E-state index in [-0.39, 0.29) is 24.9 Å². The van der Waals surface area contributed by atoms with Crippen LogP contribution >= 0.6 is 11.6 Å². The molecule has 3 N–H and O–H groups in total. The molecule has 0 bridgehead atoms. The van der Waals surface area contributed by atoms with Gasteiger partial charge in [-0.15, -0.1) is 0 Å². The summed E-state index contributed by atoms with van der Waals surface area (Å²) < 4.78 is 22.7. The summed E-state index contributed by atoms with van der Waals surface area (Å²) in [4.78, 5) is 11.9. The molecule has 158 valence electrons. The van der Waals surface area contributed by atoms with Crippen LogP contribution in [0.3, 0.4) is 0 Å². The second kappa shape index (κ2) is 8.27. The topological polar surface area (TPSA) is 111 Å². The van der Waals surface area contributed by atoms with Gasteiger partial charge in [-0.1, -0.05) is 29.8 Å². The lowest BCUT2D eigenvalue weighted by atomic mass is 10.1. The maximum atomic E-state index is 9.84. The number of anilines is 1. The number of imidazole rings is 1. The third-order valence-electron chi connectivity index (χ3n) is 5.06. The average Bonchev–Trinajstić information content (AvgIpc) is 3.43. The second-order valence-corrected chi connectivity index (χ2v) is 7.55. The molecule has 2 fully saturated rings. The van der Waals surface area contributed by atoms with E-state index in [0.29, 0.717) is 47.8 Å². The minimum atomic E-state index is -0.626. The highest BCUT2D eigenvalue weighted by atomic mass is 35.5. The standard InChI is InChI=1S/C20H21ClN4O5/c21-12-8-13-19(24-18(12)22-6-7-27-11-4-2-1-3-5-11)25-20(23-13)30-15-10-29-16-14(26)9-28-17(15)16/h1-5,8,14-17,26H,6-7,9-10H2,(H2,22,23,24,25)/t14-,15-,16?,17-/m1/s1. The Kier molecular flexibility index (Phi) is 5.34. The van der Waals surface area contributed by atoms with E-state index in [1.165, 1.54) is 0 Å². The Labute approximate surface area is 177 Å². The molecule has 0 radical (unpaired) electrons. The van der Waals surface area contributed by atoms with E-state index in [2.05, 4.69) is 20.3 Å². The molecule has 0 saturated carbocycles. The summed E-state index contributed by atoms with van der Waals surface area (Å²) in [6.45, 7) is 1.56. The Balaban J connectivity index is 1.22. The summed E-state index contributed by atoms with van der Waals surface area (Å²) in [5.41, 5.74) is 1.13. The molecule has 0 aliphatic carbocycles. The molecule has 1 unspecified atom stereocenters. The number of hydrogen-bond donors (Lipinski definition) is 3. The molecule has 5 rings (SSSR count). The van der Waals surface area contributed by atoms with Gasteiger partial charge in [-0.25, -0.2) is 4.98 Å². The van der Waals surface area contributed by atoms with Gasteiger partial charge in [0.15, 0.2) is 11.8 Å². The number of aliphatic hydroxyl groups is 1. The highest BCUT2D eigenvalue weighted by molar-refractivity contribution is 6.33. The van der Waals surface area contributed by atoms with Gasteiger partial charge < -0.3 is 34.4 Å². The number of rotatable bonds is 7. The third kappa shape index (κ3) is 3.89. The number of aliphatic hydroxyl groups excluding tert-OH is 1. The number of aromatic nitrogens is 3. The van der Waals surface area contributed by atoms with Crippen molar-refractivity contribution in [3.8, 4) is 11.8 Å². The first-order valence-electron chi connectivity index (χ1n) is 9.73. The monoisotopic (exact) mass is 432 g/mol. The molecule has 10 heteroatoms. The zero-order chi connectivity index (χ0) is 20.5. The fraction of sp³-hybridized carbons (Fsp3) is 0.400. The molecule has 0 amide bonds. The van der Waals surface area contributed by atoms with Crippen LogP contribution in [0.5, 0.6) is 11.8 Å². The number of halogens is 1. The lowest BCUT2D eigenvalue weighted by molar-refractivity contribution is 0.00706. The number of nitrogens with zero attached hydrogens (tertiary/aromatic N) is 2. The number of fused-ring (bicyclic) bond motifs is 2. The molecule has 0 spiro atoms. The van der Waals surface area contributed by atoms with Gasteiger partial charge in [-0.05, 0) is 18.2 Å². The Bertz CT molecular complexity index is 1020. The number of aromatic amines is 1. The van der Waals surface area contributed by atoms with Gasteiger partial charge in [0.1, 0.15) is 36.5 Å². The number of pyridine rings is 1. The molecule has 3 aromatic rings. The summed E-state index contributed by atoms with van der Waals surface area (Å²) in [6, 6.07) is 11.6. The minimum Gasteiger partial charge on any atom is -0.492 e. The lowest BCUT2D eigenvalue weighted by Crippen LogP contribution is -2.34. The summed E-state index contributed by atoms with van der Waals surface area (Å²) in [5, 5.41) is 13.5. The van der Waals surface area contributed by atoms with E-state index < -0.39 is 6.10 Å². The fourth-order valence-electron chi connectivity index (χ4n) is 3.62. The number of nitrogens with one attached hydrogen (secondary N) is 2. The van der Waals surface area contributed by atoms with Crippen LogP contribution in [0.2, 0.25) is 5.02 Å². The number of ether oxygens (including phenoxy) is 4. The van der Waals surface area contributed by atoms with E-state index >= 15 is 0 Å². The van der Waals surface area contributed by atoms with Crippen molar-refractivity contribution in [1.82, 2.24) is 15.0 Å². The predicted molar refractivity (Wildman–Crippen MR) is 109 cm³/mol. The highest BCUT2D eigenvalue weighted by Gasteiger charge is 2.48. The molecule has 4 heterocycles. The van der Waals surface area contributed by atoms with Crippen LogP contribution in [0.1, 0.15) is 0 Å². The molecule has 2 aromatic heterocycles. The van der Waals surface area contributed by atoms with Gasteiger partial charge >= 0.3 is 0 Å². The van der Waals surface area contributed by atoms with Crippen molar-refractivity contribution < 1.29 is 24.1 Å². The Morgan fingerprint density at radius 2 is 2.00 bits per heavy atom. The first-order valence-corrected chi connectivity index (χ1v) is 10.1. The van der Waals surface area contributed by atoms with Crippen LogP contribution in [0.15, 0.2) is 36.4 Å². The number of H-pyrrole nitrogens is 1. The molecular formula is C20H21ClN4O5. The maximum Gasteiger partial charge on any atom is 0.296 e. The van der Waals surface area contributed by atoms with E-state index in [9.17, 15) is 5.11 Å². The van der Waals surface area contributed by atoms with Gasteiger partial charge in [-0.3, -0.25) is 0 Å². The average molecular weight is 433 g/mol. The molecule has 2 aliphatic heterocycles. The summed E-state index contributed by atoms with van der Waals surface area (Å²) in [7, 11) is 0. The zero-order valence-electron chi connectivity index (χ0n) is 16.0. The Hall–Kier alpha value is -2.59. The first kappa shape index (κ1) is 19.4. The minimum absolute atomic E-state index is 0.246. The zero-order valence-corrected chi connectivity index (χ0v) is 16.7. The molecule has 4 atom stereocenters. The van der Waals surface area contributed by atoms with E-state index in [1.54, 1.807) is 6.07 Å². The van der Waals surface area contributed by atoms with E-state index in [0.717, 1.165) is 5.75 Å².